The second kappa shape index (κ2) is 7.03. The number of anilines is 1. The van der Waals surface area contributed by atoms with E-state index < -0.39 is 6.09 Å². The molecular weight excluding hydrogens is 344 g/mol. The molecule has 1 heterocycles. The first-order valence-electron chi connectivity index (χ1n) is 8.38. The highest BCUT2D eigenvalue weighted by molar-refractivity contribution is 7.17. The van der Waals surface area contributed by atoms with E-state index in [9.17, 15) is 10.1 Å². The number of nitrogens with one attached hydrogen (secondary N) is 1. The van der Waals surface area contributed by atoms with Crippen LogP contribution in [0.4, 0.5) is 9.80 Å². The van der Waals surface area contributed by atoms with Gasteiger partial charge in [-0.15, -0.1) is 11.3 Å². The van der Waals surface area contributed by atoms with Crippen molar-refractivity contribution in [3.05, 3.63) is 76.2 Å². The van der Waals surface area contributed by atoms with Gasteiger partial charge in [0.15, 0.2) is 0 Å². The molecule has 5 heteroatoms. The molecule has 0 aliphatic heterocycles. The predicted molar refractivity (Wildman–Crippen MR) is 102 cm³/mol. The molecule has 0 unspecified atom stereocenters. The van der Waals surface area contributed by atoms with Gasteiger partial charge in [0.2, 0.25) is 0 Å². The van der Waals surface area contributed by atoms with Crippen LogP contribution in [0.3, 0.4) is 0 Å². The lowest BCUT2D eigenvalue weighted by Crippen LogP contribution is -2.13. The molecule has 0 bridgehead atoms. The Hall–Kier alpha value is -3.10. The minimum Gasteiger partial charge on any atom is -0.444 e. The largest absolute Gasteiger partial charge is 0.444 e. The Morgan fingerprint density at radius 3 is 2.69 bits per heavy atom. The van der Waals surface area contributed by atoms with Crippen molar-refractivity contribution in [2.24, 2.45) is 0 Å². The number of rotatable bonds is 3. The van der Waals surface area contributed by atoms with E-state index in [2.05, 4.69) is 17.5 Å². The topological polar surface area (TPSA) is 62.1 Å². The molecule has 0 saturated heterocycles. The molecule has 1 amide bonds. The highest BCUT2D eigenvalue weighted by Gasteiger charge is 2.25. The maximum absolute atomic E-state index is 12.2. The molecule has 4 nitrogen and oxygen atoms in total. The van der Waals surface area contributed by atoms with E-state index in [4.69, 9.17) is 4.74 Å². The average Bonchev–Trinajstić information content (AvgIpc) is 3.04. The number of thiophene rings is 1. The quantitative estimate of drug-likeness (QED) is 0.704. The number of fused-ring (bicyclic) bond motifs is 3. The van der Waals surface area contributed by atoms with E-state index in [1.165, 1.54) is 16.9 Å². The second-order valence-corrected chi connectivity index (χ2v) is 7.17. The Bertz CT molecular complexity index is 1000. The second-order valence-electron chi connectivity index (χ2n) is 6.06. The lowest BCUT2D eigenvalue weighted by molar-refractivity contribution is 0.155. The van der Waals surface area contributed by atoms with Gasteiger partial charge in [-0.1, -0.05) is 54.6 Å². The van der Waals surface area contributed by atoms with Crippen LogP contribution in [-0.4, -0.2) is 6.09 Å². The zero-order valence-corrected chi connectivity index (χ0v) is 14.8. The van der Waals surface area contributed by atoms with Gasteiger partial charge in [0.25, 0.3) is 0 Å². The van der Waals surface area contributed by atoms with Crippen LogP contribution < -0.4 is 5.32 Å². The number of carbonyl (C=O) groups is 1. The van der Waals surface area contributed by atoms with Crippen molar-refractivity contribution in [3.8, 4) is 17.2 Å². The Balaban J connectivity index is 1.56. The van der Waals surface area contributed by atoms with Crippen molar-refractivity contribution in [1.29, 1.82) is 5.26 Å². The summed E-state index contributed by atoms with van der Waals surface area (Å²) in [6.45, 7) is 0.197. The maximum Gasteiger partial charge on any atom is 0.412 e. The molecule has 0 saturated carbocycles. The molecule has 3 aromatic rings. The maximum atomic E-state index is 12.2. The van der Waals surface area contributed by atoms with Crippen molar-refractivity contribution < 1.29 is 9.53 Å². The Morgan fingerprint density at radius 2 is 1.88 bits per heavy atom. The normalized spacial score (nSPS) is 11.8. The molecular formula is C21H16N2O2S. The van der Waals surface area contributed by atoms with E-state index in [0.29, 0.717) is 10.6 Å². The average molecular weight is 360 g/mol. The third-order valence-corrected chi connectivity index (χ3v) is 5.59. The van der Waals surface area contributed by atoms with Crippen LogP contribution >= 0.6 is 11.3 Å². The van der Waals surface area contributed by atoms with Crippen LogP contribution in [0.5, 0.6) is 0 Å². The number of aryl methyl sites for hydroxylation is 2. The Labute approximate surface area is 155 Å². The van der Waals surface area contributed by atoms with Crippen LogP contribution in [0.15, 0.2) is 54.6 Å². The van der Waals surface area contributed by atoms with Crippen LogP contribution in [0, 0.1) is 11.3 Å². The smallest absolute Gasteiger partial charge is 0.412 e. The van der Waals surface area contributed by atoms with Gasteiger partial charge in [-0.3, -0.25) is 5.32 Å². The molecule has 0 atom stereocenters. The van der Waals surface area contributed by atoms with E-state index in [1.54, 1.807) is 0 Å². The van der Waals surface area contributed by atoms with Gasteiger partial charge in [-0.2, -0.15) is 5.26 Å². The van der Waals surface area contributed by atoms with Gasteiger partial charge in [-0.25, -0.2) is 4.79 Å². The summed E-state index contributed by atoms with van der Waals surface area (Å²) in [4.78, 5) is 13.3. The highest BCUT2D eigenvalue weighted by Crippen LogP contribution is 2.44. The van der Waals surface area contributed by atoms with Crippen LogP contribution in [0.2, 0.25) is 0 Å². The Kier molecular flexibility index (Phi) is 4.42. The summed E-state index contributed by atoms with van der Waals surface area (Å²) in [5.41, 5.74) is 4.73. The number of nitriles is 1. The lowest BCUT2D eigenvalue weighted by atomic mass is 9.88. The van der Waals surface area contributed by atoms with Gasteiger partial charge in [-0.05, 0) is 29.5 Å². The molecule has 128 valence electrons. The molecule has 0 spiro atoms. The number of hydrogen-bond acceptors (Lipinski definition) is 4. The van der Waals surface area contributed by atoms with Gasteiger partial charge >= 0.3 is 6.09 Å². The van der Waals surface area contributed by atoms with Crippen molar-refractivity contribution >= 4 is 22.4 Å². The minimum atomic E-state index is -0.544. The van der Waals surface area contributed by atoms with E-state index in [1.807, 2.05) is 48.5 Å². The summed E-state index contributed by atoms with van der Waals surface area (Å²) in [7, 11) is 0. The highest BCUT2D eigenvalue weighted by atomic mass is 32.1. The monoisotopic (exact) mass is 360 g/mol. The first-order chi connectivity index (χ1) is 12.8. The molecule has 1 aliphatic rings. The van der Waals surface area contributed by atoms with E-state index in [0.717, 1.165) is 34.4 Å². The van der Waals surface area contributed by atoms with Crippen molar-refractivity contribution in [2.75, 3.05) is 5.32 Å². The number of amides is 1. The van der Waals surface area contributed by atoms with Crippen LogP contribution in [-0.2, 0) is 24.2 Å². The molecule has 0 fully saturated rings. The van der Waals surface area contributed by atoms with Gasteiger partial charge in [0, 0.05) is 10.4 Å². The van der Waals surface area contributed by atoms with Crippen molar-refractivity contribution in [3.63, 3.8) is 0 Å². The SMILES string of the molecule is N#Cc1c(NC(=O)OCc2ccccc2)sc2c1-c1ccccc1CC2. The Morgan fingerprint density at radius 1 is 1.12 bits per heavy atom. The third kappa shape index (κ3) is 3.07. The first kappa shape index (κ1) is 16.4. The zero-order valence-electron chi connectivity index (χ0n) is 14.0. The van der Waals surface area contributed by atoms with Gasteiger partial charge in [0.05, 0.1) is 5.56 Å². The summed E-state index contributed by atoms with van der Waals surface area (Å²) in [5.74, 6) is 0. The van der Waals surface area contributed by atoms with Gasteiger partial charge < -0.3 is 4.74 Å². The molecule has 26 heavy (non-hydrogen) atoms. The number of nitrogens with zero attached hydrogens (tertiary/aromatic N) is 1. The van der Waals surface area contributed by atoms with E-state index >= 15 is 0 Å². The van der Waals surface area contributed by atoms with Gasteiger partial charge in [0.1, 0.15) is 17.7 Å². The molecule has 1 aromatic heterocycles. The zero-order chi connectivity index (χ0) is 17.9. The predicted octanol–water partition coefficient (Wildman–Crippen LogP) is 5.13. The fourth-order valence-corrected chi connectivity index (χ4v) is 4.36. The summed E-state index contributed by atoms with van der Waals surface area (Å²) in [6.07, 6.45) is 1.29. The van der Waals surface area contributed by atoms with Crippen LogP contribution in [0.25, 0.3) is 11.1 Å². The third-order valence-electron chi connectivity index (χ3n) is 4.43. The number of hydrogen-bond donors (Lipinski definition) is 1. The van der Waals surface area contributed by atoms with Crippen molar-refractivity contribution in [1.82, 2.24) is 0 Å². The minimum absolute atomic E-state index is 0.197. The summed E-state index contributed by atoms with van der Waals surface area (Å²) in [5, 5.41) is 13.0. The summed E-state index contributed by atoms with van der Waals surface area (Å²) >= 11 is 1.47. The number of carbonyl (C=O) groups excluding carboxylic acids is 1. The van der Waals surface area contributed by atoms with Crippen molar-refractivity contribution in [2.45, 2.75) is 19.4 Å². The lowest BCUT2D eigenvalue weighted by Gasteiger charge is -2.16. The fourth-order valence-electron chi connectivity index (χ4n) is 3.22. The van der Waals surface area contributed by atoms with Crippen LogP contribution in [0.1, 0.15) is 21.6 Å². The molecule has 0 radical (unpaired) electrons. The standard InChI is InChI=1S/C21H16N2O2S/c22-12-17-19-16-9-5-4-8-15(16)10-11-18(19)26-20(17)23-21(24)25-13-14-6-2-1-3-7-14/h1-9H,10-11,13H2,(H,23,24). The molecule has 4 rings (SSSR count). The number of ether oxygens (including phenoxy) is 1. The summed E-state index contributed by atoms with van der Waals surface area (Å²) < 4.78 is 5.28. The summed E-state index contributed by atoms with van der Waals surface area (Å²) in [6, 6.07) is 19.9. The molecule has 1 N–H and O–H groups in total. The molecule has 1 aliphatic carbocycles. The molecule has 2 aromatic carbocycles. The first-order valence-corrected chi connectivity index (χ1v) is 9.19. The van der Waals surface area contributed by atoms with E-state index in [-0.39, 0.29) is 6.61 Å². The fraction of sp³-hybridized carbons (Fsp3) is 0.143. The number of benzene rings is 2.